The van der Waals surface area contributed by atoms with Crippen molar-refractivity contribution in [3.63, 3.8) is 0 Å². The Labute approximate surface area is 107 Å². The third kappa shape index (κ3) is 2.82. The van der Waals surface area contributed by atoms with Crippen molar-refractivity contribution in [3.05, 3.63) is 29.3 Å². The van der Waals surface area contributed by atoms with E-state index in [4.69, 9.17) is 10.8 Å². The Bertz CT molecular complexity index is 453. The zero-order valence-electron chi connectivity index (χ0n) is 10.7. The maximum absolute atomic E-state index is 12.0. The summed E-state index contributed by atoms with van der Waals surface area (Å²) in [5, 5.41) is 11.9. The molecule has 0 aliphatic heterocycles. The van der Waals surface area contributed by atoms with E-state index >= 15 is 0 Å². The highest BCUT2D eigenvalue weighted by Gasteiger charge is 2.41. The molecule has 4 N–H and O–H groups in total. The van der Waals surface area contributed by atoms with Gasteiger partial charge in [-0.1, -0.05) is 0 Å². The summed E-state index contributed by atoms with van der Waals surface area (Å²) in [5.74, 6) is -0.0673. The first-order valence-corrected chi connectivity index (χ1v) is 6.31. The number of aliphatic hydroxyl groups excluding tert-OH is 1. The molecule has 0 atom stereocenters. The summed E-state index contributed by atoms with van der Waals surface area (Å²) in [7, 11) is 0. The zero-order chi connectivity index (χ0) is 13.2. The minimum Gasteiger partial charge on any atom is -0.399 e. The number of amides is 1. The Kier molecular flexibility index (Phi) is 3.57. The Morgan fingerprint density at radius 2 is 2.22 bits per heavy atom. The summed E-state index contributed by atoms with van der Waals surface area (Å²) in [4.78, 5) is 12.0. The topological polar surface area (TPSA) is 75.3 Å². The first-order chi connectivity index (χ1) is 8.56. The van der Waals surface area contributed by atoms with Gasteiger partial charge in [-0.25, -0.2) is 0 Å². The van der Waals surface area contributed by atoms with Crippen LogP contribution < -0.4 is 11.1 Å². The number of aliphatic hydroxyl groups is 1. The summed E-state index contributed by atoms with van der Waals surface area (Å²) >= 11 is 0. The molecule has 0 aromatic heterocycles. The van der Waals surface area contributed by atoms with E-state index < -0.39 is 0 Å². The Morgan fingerprint density at radius 3 is 2.78 bits per heavy atom. The summed E-state index contributed by atoms with van der Waals surface area (Å²) in [6.45, 7) is 2.73. The van der Waals surface area contributed by atoms with Gasteiger partial charge in [-0.05, 0) is 55.4 Å². The lowest BCUT2D eigenvalue weighted by molar-refractivity contribution is 0.0941. The van der Waals surface area contributed by atoms with Gasteiger partial charge in [-0.2, -0.15) is 0 Å². The minimum absolute atomic E-state index is 0.0673. The van der Waals surface area contributed by atoms with Crippen molar-refractivity contribution in [2.45, 2.75) is 26.2 Å². The van der Waals surface area contributed by atoms with E-state index in [1.807, 2.05) is 6.92 Å². The number of hydrogen-bond acceptors (Lipinski definition) is 3. The predicted octanol–water partition coefficient (Wildman–Crippen LogP) is 1.47. The molecular weight excluding hydrogens is 228 g/mol. The summed E-state index contributed by atoms with van der Waals surface area (Å²) in [6.07, 6.45) is 2.96. The number of aryl methyl sites for hydroxylation is 1. The average molecular weight is 248 g/mol. The summed E-state index contributed by atoms with van der Waals surface area (Å²) in [6, 6.07) is 5.30. The van der Waals surface area contributed by atoms with Gasteiger partial charge < -0.3 is 16.2 Å². The SMILES string of the molecule is Cc1cc(C(=O)NCC2(CCO)CC2)ccc1N. The van der Waals surface area contributed by atoms with Crippen LogP contribution in [0, 0.1) is 12.3 Å². The highest BCUT2D eigenvalue weighted by atomic mass is 16.3. The van der Waals surface area contributed by atoms with Gasteiger partial charge in [0.05, 0.1) is 0 Å². The molecular formula is C14H20N2O2. The van der Waals surface area contributed by atoms with E-state index in [0.717, 1.165) is 24.8 Å². The molecule has 0 bridgehead atoms. The smallest absolute Gasteiger partial charge is 0.251 e. The van der Waals surface area contributed by atoms with Gasteiger partial charge in [0.1, 0.15) is 0 Å². The molecule has 18 heavy (non-hydrogen) atoms. The van der Waals surface area contributed by atoms with Crippen LogP contribution in [-0.4, -0.2) is 24.2 Å². The van der Waals surface area contributed by atoms with Gasteiger partial charge in [0.25, 0.3) is 5.91 Å². The summed E-state index contributed by atoms with van der Waals surface area (Å²) in [5.41, 5.74) is 8.12. The van der Waals surface area contributed by atoms with Crippen LogP contribution in [0.5, 0.6) is 0 Å². The van der Waals surface area contributed by atoms with Crippen LogP contribution in [0.1, 0.15) is 35.2 Å². The number of anilines is 1. The first kappa shape index (κ1) is 12.9. The number of hydrogen-bond donors (Lipinski definition) is 3. The van der Waals surface area contributed by atoms with Crippen molar-refractivity contribution in [3.8, 4) is 0 Å². The van der Waals surface area contributed by atoms with E-state index in [0.29, 0.717) is 17.8 Å². The average Bonchev–Trinajstić information content (AvgIpc) is 3.11. The van der Waals surface area contributed by atoms with E-state index in [9.17, 15) is 4.79 Å². The van der Waals surface area contributed by atoms with Gasteiger partial charge in [0, 0.05) is 24.4 Å². The Morgan fingerprint density at radius 1 is 1.50 bits per heavy atom. The van der Waals surface area contributed by atoms with Crippen LogP contribution in [0.2, 0.25) is 0 Å². The van der Waals surface area contributed by atoms with E-state index in [-0.39, 0.29) is 17.9 Å². The molecule has 1 saturated carbocycles. The number of carbonyl (C=O) groups is 1. The number of nitrogens with two attached hydrogens (primary N) is 1. The second-order valence-electron chi connectivity index (χ2n) is 5.23. The lowest BCUT2D eigenvalue weighted by Gasteiger charge is -2.14. The molecule has 0 radical (unpaired) electrons. The second kappa shape index (κ2) is 4.98. The van der Waals surface area contributed by atoms with Gasteiger partial charge in [-0.3, -0.25) is 4.79 Å². The standard InChI is InChI=1S/C14H20N2O2/c1-10-8-11(2-3-12(10)15)13(18)16-9-14(4-5-14)6-7-17/h2-3,8,17H,4-7,9,15H2,1H3,(H,16,18). The van der Waals surface area contributed by atoms with E-state index in [1.54, 1.807) is 18.2 Å². The maximum Gasteiger partial charge on any atom is 0.251 e. The lowest BCUT2D eigenvalue weighted by atomic mass is 10.0. The molecule has 0 saturated heterocycles. The maximum atomic E-state index is 12.0. The van der Waals surface area contributed by atoms with Gasteiger partial charge in [0.2, 0.25) is 0 Å². The lowest BCUT2D eigenvalue weighted by Crippen LogP contribution is -2.30. The van der Waals surface area contributed by atoms with Crippen molar-refractivity contribution >= 4 is 11.6 Å². The van der Waals surface area contributed by atoms with Crippen molar-refractivity contribution in [1.82, 2.24) is 5.32 Å². The molecule has 1 aliphatic carbocycles. The normalized spacial score (nSPS) is 16.3. The zero-order valence-corrected chi connectivity index (χ0v) is 10.7. The molecule has 1 fully saturated rings. The molecule has 4 heteroatoms. The van der Waals surface area contributed by atoms with Crippen molar-refractivity contribution in [2.24, 2.45) is 5.41 Å². The largest absolute Gasteiger partial charge is 0.399 e. The quantitative estimate of drug-likeness (QED) is 0.691. The fourth-order valence-electron chi connectivity index (χ4n) is 2.12. The third-order valence-corrected chi connectivity index (χ3v) is 3.76. The Balaban J connectivity index is 1.93. The molecule has 4 nitrogen and oxygen atoms in total. The van der Waals surface area contributed by atoms with E-state index in [1.165, 1.54) is 0 Å². The van der Waals surface area contributed by atoms with Crippen LogP contribution in [0.15, 0.2) is 18.2 Å². The fourth-order valence-corrected chi connectivity index (χ4v) is 2.12. The molecule has 1 aromatic carbocycles. The molecule has 0 unspecified atom stereocenters. The molecule has 1 aromatic rings. The van der Waals surface area contributed by atoms with Crippen LogP contribution in [0.3, 0.4) is 0 Å². The Hall–Kier alpha value is -1.55. The van der Waals surface area contributed by atoms with Gasteiger partial charge >= 0.3 is 0 Å². The van der Waals surface area contributed by atoms with Crippen molar-refractivity contribution in [2.75, 3.05) is 18.9 Å². The van der Waals surface area contributed by atoms with Gasteiger partial charge in [-0.15, -0.1) is 0 Å². The minimum atomic E-state index is -0.0673. The van der Waals surface area contributed by atoms with Crippen LogP contribution >= 0.6 is 0 Å². The monoisotopic (exact) mass is 248 g/mol. The molecule has 2 rings (SSSR count). The molecule has 1 aliphatic rings. The molecule has 1 amide bonds. The van der Waals surface area contributed by atoms with Gasteiger partial charge in [0.15, 0.2) is 0 Å². The first-order valence-electron chi connectivity index (χ1n) is 6.31. The van der Waals surface area contributed by atoms with E-state index in [2.05, 4.69) is 5.32 Å². The van der Waals surface area contributed by atoms with Crippen LogP contribution in [0.4, 0.5) is 5.69 Å². The number of carbonyl (C=O) groups excluding carboxylic acids is 1. The fraction of sp³-hybridized carbons (Fsp3) is 0.500. The number of benzene rings is 1. The number of nitrogens with one attached hydrogen (secondary N) is 1. The second-order valence-corrected chi connectivity index (χ2v) is 5.23. The molecule has 0 heterocycles. The third-order valence-electron chi connectivity index (χ3n) is 3.76. The van der Waals surface area contributed by atoms with Crippen LogP contribution in [0.25, 0.3) is 0 Å². The highest BCUT2D eigenvalue weighted by molar-refractivity contribution is 5.94. The number of rotatable bonds is 5. The highest BCUT2D eigenvalue weighted by Crippen LogP contribution is 2.47. The molecule has 98 valence electrons. The van der Waals surface area contributed by atoms with Crippen LogP contribution in [-0.2, 0) is 0 Å². The van der Waals surface area contributed by atoms with Crippen molar-refractivity contribution < 1.29 is 9.90 Å². The predicted molar refractivity (Wildman–Crippen MR) is 71.3 cm³/mol. The molecule has 0 spiro atoms. The number of nitrogen functional groups attached to an aromatic ring is 1. The summed E-state index contributed by atoms with van der Waals surface area (Å²) < 4.78 is 0. The van der Waals surface area contributed by atoms with Crippen molar-refractivity contribution in [1.29, 1.82) is 0 Å².